The number of aromatic nitrogens is 1. The van der Waals surface area contributed by atoms with Crippen molar-refractivity contribution >= 4 is 17.5 Å². The highest BCUT2D eigenvalue weighted by molar-refractivity contribution is 6.30. The van der Waals surface area contributed by atoms with E-state index in [4.69, 9.17) is 16.1 Å². The summed E-state index contributed by atoms with van der Waals surface area (Å²) in [5.74, 6) is -0.224. The molecule has 0 aliphatic rings. The van der Waals surface area contributed by atoms with Crippen LogP contribution in [0.1, 0.15) is 37.0 Å². The van der Waals surface area contributed by atoms with Crippen LogP contribution < -0.4 is 5.32 Å². The average Bonchev–Trinajstić information content (AvgIpc) is 3.02. The zero-order chi connectivity index (χ0) is 16.9. The highest BCUT2D eigenvalue weighted by Crippen LogP contribution is 2.24. The SMILES string of the molecule is CC(C)(CO)CCCNC(=O)c1conc1-c1ccc(Cl)cc1. The van der Waals surface area contributed by atoms with Gasteiger partial charge in [-0.15, -0.1) is 0 Å². The summed E-state index contributed by atoms with van der Waals surface area (Å²) < 4.78 is 4.95. The quantitative estimate of drug-likeness (QED) is 0.758. The predicted octanol–water partition coefficient (Wildman–Crippen LogP) is 3.52. The van der Waals surface area contributed by atoms with E-state index in [1.807, 2.05) is 13.8 Å². The van der Waals surface area contributed by atoms with Crippen LogP contribution in [0.2, 0.25) is 5.02 Å². The van der Waals surface area contributed by atoms with Gasteiger partial charge in [0.25, 0.3) is 5.91 Å². The lowest BCUT2D eigenvalue weighted by Crippen LogP contribution is -2.26. The molecule has 0 saturated carbocycles. The van der Waals surface area contributed by atoms with Gasteiger partial charge in [0.2, 0.25) is 0 Å². The molecular formula is C17H21ClN2O3. The van der Waals surface area contributed by atoms with Crippen molar-refractivity contribution in [1.29, 1.82) is 0 Å². The van der Waals surface area contributed by atoms with Crippen LogP contribution in [-0.4, -0.2) is 29.3 Å². The molecule has 124 valence electrons. The van der Waals surface area contributed by atoms with Gasteiger partial charge in [0.15, 0.2) is 0 Å². The van der Waals surface area contributed by atoms with Gasteiger partial charge in [-0.05, 0) is 30.4 Å². The topological polar surface area (TPSA) is 75.4 Å². The Balaban J connectivity index is 1.96. The predicted molar refractivity (Wildman–Crippen MR) is 89.4 cm³/mol. The van der Waals surface area contributed by atoms with Crippen LogP contribution in [0.4, 0.5) is 0 Å². The molecule has 0 radical (unpaired) electrons. The van der Waals surface area contributed by atoms with Crippen molar-refractivity contribution in [3.63, 3.8) is 0 Å². The van der Waals surface area contributed by atoms with Crippen molar-refractivity contribution in [2.24, 2.45) is 5.41 Å². The molecule has 1 heterocycles. The van der Waals surface area contributed by atoms with E-state index in [2.05, 4.69) is 10.5 Å². The van der Waals surface area contributed by atoms with E-state index in [-0.39, 0.29) is 17.9 Å². The Morgan fingerprint density at radius 2 is 2.04 bits per heavy atom. The molecule has 0 unspecified atom stereocenters. The maximum atomic E-state index is 12.3. The number of benzene rings is 1. The summed E-state index contributed by atoms with van der Waals surface area (Å²) in [4.78, 5) is 12.3. The lowest BCUT2D eigenvalue weighted by molar-refractivity contribution is 0.0948. The van der Waals surface area contributed by atoms with Gasteiger partial charge in [0.05, 0.1) is 0 Å². The number of carbonyl (C=O) groups excluding carboxylic acids is 1. The van der Waals surface area contributed by atoms with Crippen molar-refractivity contribution < 1.29 is 14.4 Å². The molecule has 0 atom stereocenters. The van der Waals surface area contributed by atoms with E-state index < -0.39 is 0 Å². The Morgan fingerprint density at radius 3 is 2.70 bits per heavy atom. The lowest BCUT2D eigenvalue weighted by Gasteiger charge is -2.21. The van der Waals surface area contributed by atoms with Crippen LogP contribution in [0.5, 0.6) is 0 Å². The Labute approximate surface area is 140 Å². The van der Waals surface area contributed by atoms with Crippen LogP contribution in [0, 0.1) is 5.41 Å². The second-order valence-corrected chi connectivity index (χ2v) is 6.70. The zero-order valence-corrected chi connectivity index (χ0v) is 14.1. The van der Waals surface area contributed by atoms with Crippen molar-refractivity contribution in [3.8, 4) is 11.3 Å². The number of hydrogen-bond donors (Lipinski definition) is 2. The Morgan fingerprint density at radius 1 is 1.35 bits per heavy atom. The number of nitrogens with one attached hydrogen (secondary N) is 1. The molecular weight excluding hydrogens is 316 g/mol. The van der Waals surface area contributed by atoms with Crippen LogP contribution in [0.3, 0.4) is 0 Å². The summed E-state index contributed by atoms with van der Waals surface area (Å²) in [5.41, 5.74) is 1.54. The number of rotatable bonds is 7. The van der Waals surface area contributed by atoms with E-state index in [0.29, 0.717) is 22.8 Å². The first-order valence-electron chi connectivity index (χ1n) is 7.52. The number of aliphatic hydroxyl groups excluding tert-OH is 1. The van der Waals surface area contributed by atoms with E-state index in [9.17, 15) is 9.90 Å². The van der Waals surface area contributed by atoms with E-state index in [1.54, 1.807) is 24.3 Å². The summed E-state index contributed by atoms with van der Waals surface area (Å²) in [7, 11) is 0. The number of aliphatic hydroxyl groups is 1. The minimum Gasteiger partial charge on any atom is -0.396 e. The van der Waals surface area contributed by atoms with Gasteiger partial charge in [-0.1, -0.05) is 42.7 Å². The first-order chi connectivity index (χ1) is 10.9. The van der Waals surface area contributed by atoms with Gasteiger partial charge < -0.3 is 14.9 Å². The molecule has 0 fully saturated rings. The molecule has 0 aliphatic heterocycles. The summed E-state index contributed by atoms with van der Waals surface area (Å²) in [6.45, 7) is 4.65. The maximum absolute atomic E-state index is 12.3. The smallest absolute Gasteiger partial charge is 0.256 e. The van der Waals surface area contributed by atoms with Crippen LogP contribution >= 0.6 is 11.6 Å². The maximum Gasteiger partial charge on any atom is 0.256 e. The minimum atomic E-state index is -0.224. The van der Waals surface area contributed by atoms with Gasteiger partial charge in [-0.25, -0.2) is 0 Å². The fraction of sp³-hybridized carbons (Fsp3) is 0.412. The largest absolute Gasteiger partial charge is 0.396 e. The summed E-state index contributed by atoms with van der Waals surface area (Å²) in [5, 5.41) is 16.6. The molecule has 2 rings (SSSR count). The molecule has 23 heavy (non-hydrogen) atoms. The van der Waals surface area contributed by atoms with Crippen molar-refractivity contribution in [3.05, 3.63) is 41.1 Å². The number of nitrogens with zero attached hydrogens (tertiary/aromatic N) is 1. The normalized spacial score (nSPS) is 11.5. The van der Waals surface area contributed by atoms with Gasteiger partial charge in [0.1, 0.15) is 17.5 Å². The standard InChI is InChI=1S/C17H21ClN2O3/c1-17(2,11-21)8-3-9-19-16(22)14-10-23-20-15(14)12-4-6-13(18)7-5-12/h4-7,10,21H,3,8-9,11H2,1-2H3,(H,19,22). The highest BCUT2D eigenvalue weighted by atomic mass is 35.5. The second kappa shape index (κ2) is 7.62. The third kappa shape index (κ3) is 4.81. The molecule has 1 aromatic carbocycles. The number of halogens is 1. The van der Waals surface area contributed by atoms with Crippen LogP contribution in [0.15, 0.2) is 35.1 Å². The fourth-order valence-electron chi connectivity index (χ4n) is 2.16. The van der Waals surface area contributed by atoms with E-state index in [1.165, 1.54) is 6.26 Å². The molecule has 5 nitrogen and oxygen atoms in total. The lowest BCUT2D eigenvalue weighted by atomic mass is 9.89. The number of carbonyl (C=O) groups is 1. The molecule has 1 amide bonds. The third-order valence-electron chi connectivity index (χ3n) is 3.68. The van der Waals surface area contributed by atoms with Gasteiger partial charge in [0, 0.05) is 23.7 Å². The van der Waals surface area contributed by atoms with Crippen molar-refractivity contribution in [2.75, 3.05) is 13.2 Å². The van der Waals surface area contributed by atoms with Gasteiger partial charge in [-0.3, -0.25) is 4.79 Å². The number of hydrogen-bond acceptors (Lipinski definition) is 4. The van der Waals surface area contributed by atoms with E-state index >= 15 is 0 Å². The van der Waals surface area contributed by atoms with Crippen molar-refractivity contribution in [1.82, 2.24) is 10.5 Å². The van der Waals surface area contributed by atoms with Crippen molar-refractivity contribution in [2.45, 2.75) is 26.7 Å². The Kier molecular flexibility index (Phi) is 5.80. The zero-order valence-electron chi connectivity index (χ0n) is 13.3. The Bertz CT molecular complexity index is 650. The molecule has 2 aromatic rings. The first kappa shape index (κ1) is 17.5. The molecule has 0 saturated heterocycles. The number of amides is 1. The molecule has 0 aliphatic carbocycles. The highest BCUT2D eigenvalue weighted by Gasteiger charge is 2.18. The third-order valence-corrected chi connectivity index (χ3v) is 3.93. The fourth-order valence-corrected chi connectivity index (χ4v) is 2.28. The van der Waals surface area contributed by atoms with Gasteiger partial charge in [-0.2, -0.15) is 0 Å². The summed E-state index contributed by atoms with van der Waals surface area (Å²) in [6, 6.07) is 7.07. The monoisotopic (exact) mass is 336 g/mol. The molecule has 6 heteroatoms. The van der Waals surface area contributed by atoms with E-state index in [0.717, 1.165) is 18.4 Å². The van der Waals surface area contributed by atoms with Gasteiger partial charge >= 0.3 is 0 Å². The Hall–Kier alpha value is -1.85. The summed E-state index contributed by atoms with van der Waals surface area (Å²) >= 11 is 5.87. The van der Waals surface area contributed by atoms with Crippen LogP contribution in [0.25, 0.3) is 11.3 Å². The molecule has 0 spiro atoms. The molecule has 1 aromatic heterocycles. The molecule has 2 N–H and O–H groups in total. The molecule has 0 bridgehead atoms. The average molecular weight is 337 g/mol. The summed E-state index contributed by atoms with van der Waals surface area (Å²) in [6.07, 6.45) is 2.97. The van der Waals surface area contributed by atoms with Crippen LogP contribution in [-0.2, 0) is 0 Å². The minimum absolute atomic E-state index is 0.129. The second-order valence-electron chi connectivity index (χ2n) is 6.27. The first-order valence-corrected chi connectivity index (χ1v) is 7.90.